The van der Waals surface area contributed by atoms with E-state index in [9.17, 15) is 14.0 Å². The van der Waals surface area contributed by atoms with Gasteiger partial charge < -0.3 is 5.32 Å². The summed E-state index contributed by atoms with van der Waals surface area (Å²) in [6.07, 6.45) is 2.60. The highest BCUT2D eigenvalue weighted by Crippen LogP contribution is 2.23. The third-order valence-corrected chi connectivity index (χ3v) is 4.96. The minimum Gasteiger partial charge on any atom is -0.325 e. The van der Waals surface area contributed by atoms with Gasteiger partial charge in [0, 0.05) is 37.6 Å². The lowest BCUT2D eigenvalue weighted by atomic mass is 10.1. The van der Waals surface area contributed by atoms with Crippen LogP contribution in [0.25, 0.3) is 11.3 Å². The van der Waals surface area contributed by atoms with E-state index in [2.05, 4.69) is 15.4 Å². The Labute approximate surface area is 173 Å². The summed E-state index contributed by atoms with van der Waals surface area (Å²) in [7, 11) is 0. The average molecular weight is 407 g/mol. The van der Waals surface area contributed by atoms with Crippen molar-refractivity contribution in [2.45, 2.75) is 32.7 Å². The number of carbonyl (C=O) groups is 2. The van der Waals surface area contributed by atoms with Crippen LogP contribution in [0.2, 0.25) is 0 Å². The summed E-state index contributed by atoms with van der Waals surface area (Å²) in [5.41, 5.74) is 2.89. The van der Waals surface area contributed by atoms with Gasteiger partial charge in [-0.3, -0.25) is 19.5 Å². The molecule has 0 saturated heterocycles. The maximum atomic E-state index is 13.0. The van der Waals surface area contributed by atoms with Crippen LogP contribution < -0.4 is 10.2 Å². The molecule has 3 heterocycles. The van der Waals surface area contributed by atoms with Crippen LogP contribution in [-0.2, 0) is 16.1 Å². The van der Waals surface area contributed by atoms with E-state index in [0.29, 0.717) is 17.9 Å². The molecule has 4 rings (SSSR count). The van der Waals surface area contributed by atoms with Gasteiger partial charge in [-0.15, -0.1) is 0 Å². The third-order valence-electron chi connectivity index (χ3n) is 4.96. The van der Waals surface area contributed by atoms with E-state index in [0.717, 1.165) is 30.0 Å². The maximum absolute atomic E-state index is 13.0. The highest BCUT2D eigenvalue weighted by atomic mass is 19.1. The molecule has 0 unspecified atom stereocenters. The van der Waals surface area contributed by atoms with E-state index < -0.39 is 0 Å². The quantitative estimate of drug-likeness (QED) is 0.701. The van der Waals surface area contributed by atoms with Crippen molar-refractivity contribution < 1.29 is 14.0 Å². The Bertz CT molecular complexity index is 1060. The van der Waals surface area contributed by atoms with Crippen LogP contribution >= 0.6 is 0 Å². The number of nitrogens with one attached hydrogen (secondary N) is 1. The van der Waals surface area contributed by atoms with Crippen molar-refractivity contribution in [3.05, 3.63) is 60.2 Å². The number of aryl methyl sites for hydroxylation is 2. The van der Waals surface area contributed by atoms with Crippen molar-refractivity contribution in [2.24, 2.45) is 0 Å². The number of rotatable bonds is 5. The molecule has 1 aliphatic heterocycles. The lowest BCUT2D eigenvalue weighted by Gasteiger charge is -2.27. The van der Waals surface area contributed by atoms with Crippen molar-refractivity contribution in [1.29, 1.82) is 0 Å². The smallest absolute Gasteiger partial charge is 0.228 e. The Morgan fingerprint density at radius 3 is 2.63 bits per heavy atom. The summed E-state index contributed by atoms with van der Waals surface area (Å²) < 4.78 is 14.9. The lowest BCUT2D eigenvalue weighted by molar-refractivity contribution is -0.122. The van der Waals surface area contributed by atoms with Gasteiger partial charge in [-0.1, -0.05) is 0 Å². The molecular weight excluding hydrogens is 385 g/mol. The van der Waals surface area contributed by atoms with E-state index in [1.807, 2.05) is 17.7 Å². The Morgan fingerprint density at radius 1 is 1.10 bits per heavy atom. The first-order chi connectivity index (χ1) is 14.5. The second-order valence-corrected chi connectivity index (χ2v) is 7.25. The Morgan fingerprint density at radius 2 is 1.90 bits per heavy atom. The number of fused-ring (bicyclic) bond motifs is 1. The summed E-state index contributed by atoms with van der Waals surface area (Å²) in [4.78, 5) is 30.9. The number of nitrogens with zero attached hydrogens (tertiary/aromatic N) is 4. The predicted molar refractivity (Wildman–Crippen MR) is 111 cm³/mol. The molecule has 154 valence electrons. The number of hydrogen-bond acceptors (Lipinski definition) is 4. The van der Waals surface area contributed by atoms with Crippen LogP contribution in [0.1, 0.15) is 25.0 Å². The van der Waals surface area contributed by atoms with Crippen molar-refractivity contribution in [1.82, 2.24) is 14.8 Å². The standard InChI is InChI=1S/C22H22FN5O2/c1-15-13-21-27(11-2-12-28(21)26-15)22(30)10-9-20(29)25-18-7-8-19(24-14-18)16-3-5-17(23)6-4-16/h3-8,13-14H,2,9-12H2,1H3,(H,25,29). The third kappa shape index (κ3) is 4.37. The van der Waals surface area contributed by atoms with Crippen molar-refractivity contribution >= 4 is 23.3 Å². The molecule has 0 aliphatic carbocycles. The molecule has 1 aromatic carbocycles. The molecule has 0 spiro atoms. The Hall–Kier alpha value is -3.55. The molecular formula is C22H22FN5O2. The number of aromatic nitrogens is 3. The molecule has 0 fully saturated rings. The minimum atomic E-state index is -0.304. The molecule has 0 radical (unpaired) electrons. The number of halogens is 1. The summed E-state index contributed by atoms with van der Waals surface area (Å²) >= 11 is 0. The van der Waals surface area contributed by atoms with Crippen LogP contribution in [-0.4, -0.2) is 33.1 Å². The molecule has 0 bridgehead atoms. The van der Waals surface area contributed by atoms with Gasteiger partial charge in [0.2, 0.25) is 11.8 Å². The summed E-state index contributed by atoms with van der Waals surface area (Å²) in [6.45, 7) is 3.34. The highest BCUT2D eigenvalue weighted by molar-refractivity contribution is 5.97. The molecule has 1 N–H and O–H groups in total. The van der Waals surface area contributed by atoms with E-state index >= 15 is 0 Å². The maximum Gasteiger partial charge on any atom is 0.228 e. The first-order valence-electron chi connectivity index (χ1n) is 9.86. The predicted octanol–water partition coefficient (Wildman–Crippen LogP) is 3.55. The monoisotopic (exact) mass is 407 g/mol. The SMILES string of the molecule is Cc1cc2n(n1)CCCN2C(=O)CCC(=O)Nc1ccc(-c2ccc(F)cc2)nc1. The lowest BCUT2D eigenvalue weighted by Crippen LogP contribution is -2.37. The zero-order valence-electron chi connectivity index (χ0n) is 16.6. The van der Waals surface area contributed by atoms with Gasteiger partial charge in [-0.05, 0) is 49.7 Å². The summed E-state index contributed by atoms with van der Waals surface area (Å²) in [5, 5.41) is 7.15. The molecule has 8 heteroatoms. The molecule has 3 aromatic rings. The second-order valence-electron chi connectivity index (χ2n) is 7.25. The molecule has 0 saturated carbocycles. The van der Waals surface area contributed by atoms with Crippen LogP contribution in [0.3, 0.4) is 0 Å². The fraction of sp³-hybridized carbons (Fsp3) is 0.273. The molecule has 30 heavy (non-hydrogen) atoms. The van der Waals surface area contributed by atoms with Crippen molar-refractivity contribution in [3.8, 4) is 11.3 Å². The van der Waals surface area contributed by atoms with Crippen molar-refractivity contribution in [2.75, 3.05) is 16.8 Å². The highest BCUT2D eigenvalue weighted by Gasteiger charge is 2.24. The van der Waals surface area contributed by atoms with Gasteiger partial charge in [-0.25, -0.2) is 9.07 Å². The van der Waals surface area contributed by atoms with Crippen LogP contribution in [0.15, 0.2) is 48.7 Å². The normalized spacial score (nSPS) is 13.1. The largest absolute Gasteiger partial charge is 0.325 e. The van der Waals surface area contributed by atoms with E-state index in [4.69, 9.17) is 0 Å². The number of benzene rings is 1. The average Bonchev–Trinajstić information content (AvgIpc) is 3.13. The fourth-order valence-electron chi connectivity index (χ4n) is 3.50. The molecule has 7 nitrogen and oxygen atoms in total. The van der Waals surface area contributed by atoms with Crippen LogP contribution in [0.5, 0.6) is 0 Å². The minimum absolute atomic E-state index is 0.0855. The first-order valence-corrected chi connectivity index (χ1v) is 9.86. The fourth-order valence-corrected chi connectivity index (χ4v) is 3.50. The van der Waals surface area contributed by atoms with Gasteiger partial charge in [0.15, 0.2) is 0 Å². The molecule has 0 atom stereocenters. The number of amides is 2. The summed E-state index contributed by atoms with van der Waals surface area (Å²) in [5.74, 6) is 0.156. The number of carbonyl (C=O) groups excluding carboxylic acids is 2. The van der Waals surface area contributed by atoms with Gasteiger partial charge >= 0.3 is 0 Å². The molecule has 2 amide bonds. The van der Waals surface area contributed by atoms with Crippen LogP contribution in [0, 0.1) is 12.7 Å². The number of pyridine rings is 1. The second kappa shape index (κ2) is 8.44. The van der Waals surface area contributed by atoms with Gasteiger partial charge in [0.1, 0.15) is 11.6 Å². The first kappa shape index (κ1) is 19.8. The topological polar surface area (TPSA) is 80.1 Å². The zero-order valence-corrected chi connectivity index (χ0v) is 16.6. The van der Waals surface area contributed by atoms with E-state index in [1.165, 1.54) is 12.1 Å². The number of hydrogen-bond donors (Lipinski definition) is 1. The van der Waals surface area contributed by atoms with Crippen molar-refractivity contribution in [3.63, 3.8) is 0 Å². The van der Waals surface area contributed by atoms with Gasteiger partial charge in [0.05, 0.1) is 23.3 Å². The number of anilines is 2. The van der Waals surface area contributed by atoms with E-state index in [1.54, 1.807) is 35.4 Å². The molecule has 1 aliphatic rings. The van der Waals surface area contributed by atoms with Crippen LogP contribution in [0.4, 0.5) is 15.9 Å². The summed E-state index contributed by atoms with van der Waals surface area (Å²) in [6, 6.07) is 11.4. The van der Waals surface area contributed by atoms with E-state index in [-0.39, 0.29) is 30.5 Å². The Balaban J connectivity index is 1.32. The van der Waals surface area contributed by atoms with Gasteiger partial charge in [-0.2, -0.15) is 5.10 Å². The Kier molecular flexibility index (Phi) is 5.56. The molecule has 2 aromatic heterocycles. The van der Waals surface area contributed by atoms with Gasteiger partial charge in [0.25, 0.3) is 0 Å². The zero-order chi connectivity index (χ0) is 21.1.